The highest BCUT2D eigenvalue weighted by Gasteiger charge is 2.45. The summed E-state index contributed by atoms with van der Waals surface area (Å²) in [6.45, 7) is 2.92. The second kappa shape index (κ2) is 34.5. The Balaban J connectivity index is 0.000000112. The SMILES string of the molecule is CC(C)(CO)NC(=O)c1sc2ncc(C#N)c3c2c1NC(=O)N3c1c(Cl)ccc2c1OCO2.N#Cc1cnc2sc(C(=O)Nc3ccccn3)c3c2c1N(c1c(Cl)ccc2c1OCO2)C(=O)N3.N#Cc1cnc2sc(C(=O)Nc3cccnc3)c3c2c1N(c1c(Cl)ccc2c1OCO2)C(=O)N3.N#Cc1cnc2sc(C(=O)Nc3ncccn3)c3c2c1N(c1c(Cl)ccc2c1OCO2)C(=O)N3. The third-order valence-electron chi connectivity index (χ3n) is 20.9. The Morgan fingerprint density at radius 3 is 1.05 bits per heavy atom. The lowest BCUT2D eigenvalue weighted by atomic mass is 10.1. The highest BCUT2D eigenvalue weighted by atomic mass is 35.5. The second-order valence-corrected chi connectivity index (χ2v) is 35.1. The number of nitrogens with zero attached hydrogens (tertiary/aromatic N) is 16. The number of urea groups is 4. The van der Waals surface area contributed by atoms with E-state index < -0.39 is 53.3 Å². The number of aliphatic hydroxyl groups is 1. The summed E-state index contributed by atoms with van der Waals surface area (Å²) in [6, 6.07) is 28.8. The number of fused-ring (bicyclic) bond motifs is 4. The van der Waals surface area contributed by atoms with Gasteiger partial charge in [-0.3, -0.25) is 49.1 Å². The summed E-state index contributed by atoms with van der Waals surface area (Å²) in [6.07, 6.45) is 13.0. The summed E-state index contributed by atoms with van der Waals surface area (Å²) in [4.78, 5) is 147. The lowest BCUT2D eigenvalue weighted by Gasteiger charge is -2.30. The number of nitriles is 4. The number of hydrogen-bond acceptors (Lipinski definition) is 33. The third-order valence-corrected chi connectivity index (χ3v) is 26.5. The smallest absolute Gasteiger partial charge is 0.331 e. The molecule has 15 aromatic rings. The topological polar surface area (TPSA) is 538 Å². The predicted molar refractivity (Wildman–Crippen MR) is 495 cm³/mol. The van der Waals surface area contributed by atoms with Crippen molar-refractivity contribution in [3.05, 3.63) is 203 Å². The molecule has 0 fully saturated rings. The molecule has 0 saturated carbocycles. The van der Waals surface area contributed by atoms with Crippen LogP contribution in [0.5, 0.6) is 46.0 Å². The molecule has 0 unspecified atom stereocenters. The number of rotatable bonds is 13. The van der Waals surface area contributed by atoms with Crippen LogP contribution >= 0.6 is 91.8 Å². The maximum atomic E-state index is 13.4. The summed E-state index contributed by atoms with van der Waals surface area (Å²) in [5.41, 5.74) is 3.01. The van der Waals surface area contributed by atoms with Crippen molar-refractivity contribution < 1.29 is 81.4 Å². The Hall–Kier alpha value is -16.9. The van der Waals surface area contributed by atoms with E-state index >= 15 is 0 Å². The van der Waals surface area contributed by atoms with E-state index in [1.54, 1.807) is 111 Å². The number of aromatic nitrogens is 8. The zero-order valence-electron chi connectivity index (χ0n) is 68.1. The van der Waals surface area contributed by atoms with E-state index in [9.17, 15) is 64.5 Å². The highest BCUT2D eigenvalue weighted by molar-refractivity contribution is 7.23. The van der Waals surface area contributed by atoms with Crippen LogP contribution in [0.4, 0.5) is 105 Å². The van der Waals surface area contributed by atoms with Crippen LogP contribution in [0.2, 0.25) is 20.1 Å². The molecule has 0 saturated heterocycles. The van der Waals surface area contributed by atoms with E-state index in [2.05, 4.69) is 107 Å². The molecule has 0 bridgehead atoms. The summed E-state index contributed by atoms with van der Waals surface area (Å²) in [5.74, 6) is 1.30. The highest BCUT2D eigenvalue weighted by Crippen LogP contribution is 2.60. The molecule has 0 atom stereocenters. The first-order valence-corrected chi connectivity index (χ1v) is 43.9. The van der Waals surface area contributed by atoms with Gasteiger partial charge in [0, 0.05) is 49.6 Å². The molecule has 12 amide bonds. The Morgan fingerprint density at radius 1 is 0.400 bits per heavy atom. The van der Waals surface area contributed by atoms with Crippen molar-refractivity contribution in [1.82, 2.24) is 45.2 Å². The maximum Gasteiger partial charge on any atom is 0.331 e. The molecule has 8 aliphatic rings. The van der Waals surface area contributed by atoms with Gasteiger partial charge in [0.25, 0.3) is 23.6 Å². The Bertz CT molecular complexity index is 7370. The van der Waals surface area contributed by atoms with Crippen molar-refractivity contribution >= 4 is 266 Å². The number of nitrogens with one attached hydrogen (secondary N) is 8. The van der Waals surface area contributed by atoms with Crippen LogP contribution in [0.25, 0.3) is 40.9 Å². The molecule has 0 radical (unpaired) electrons. The number of carbonyl (C=O) groups excluding carboxylic acids is 8. The van der Waals surface area contributed by atoms with Crippen molar-refractivity contribution in [1.29, 1.82) is 21.0 Å². The van der Waals surface area contributed by atoms with E-state index in [4.69, 9.17) is 84.3 Å². The monoisotopic (exact) mass is 1960 g/mol. The number of thiophene rings is 4. The molecule has 0 spiro atoms. The van der Waals surface area contributed by atoms with Crippen molar-refractivity contribution in [3.8, 4) is 70.3 Å². The first kappa shape index (κ1) is 86.2. The van der Waals surface area contributed by atoms with Gasteiger partial charge in [0.1, 0.15) is 91.7 Å². The van der Waals surface area contributed by atoms with Crippen LogP contribution in [0.1, 0.15) is 74.8 Å². The average molecular weight is 1960 g/mol. The summed E-state index contributed by atoms with van der Waals surface area (Å²) < 4.78 is 44.0. The first-order chi connectivity index (χ1) is 65.4. The van der Waals surface area contributed by atoms with E-state index in [1.165, 1.54) is 63.0 Å². The molecular formula is C86H48Cl4N24O17S4. The molecule has 9 N–H and O–H groups in total. The van der Waals surface area contributed by atoms with E-state index in [-0.39, 0.29) is 193 Å². The number of benzene rings is 4. The quantitative estimate of drug-likeness (QED) is 0.0517. The predicted octanol–water partition coefficient (Wildman–Crippen LogP) is 17.8. The van der Waals surface area contributed by atoms with Crippen molar-refractivity contribution in [2.45, 2.75) is 19.4 Å². The molecule has 135 heavy (non-hydrogen) atoms. The molecule has 19 heterocycles. The number of halogens is 4. The standard InChI is InChI=1S/2C22H11ClN6O4S.C21H10ClN7O4S.C21H16ClN5O5S/c23-12-3-4-13-18(33-9-32-13)17(12)29-16-10(6-24)7-26-21-14(16)15(28-22(29)31)19(34-21)20(30)27-11-2-1-5-25-8-11;23-11-4-5-12-18(33-9-32-12)17(11)29-16-10(7-24)8-26-21-14(16)15(28-22(29)31)19(34-21)20(30)27-13-3-1-2-6-25-13;22-10-2-3-11-16(33-8-32-11)15(10)29-14-9(6-23)7-26-19-12(14)13(27-21(29)31)17(34-19)18(30)28-20-24-4-1-5-25-20;1-21(2,7-28)26-18(29)17-13-12-14(9(5-23)6-24-19(12)33-17)27(20(30)25-13)15-10(22)3-4-11-16(15)32-8-31-11/h1-5,7-8H,9H2,(H,27,30)(H,28,31);1-6,8H,9H2,(H,28,31)(H,25,27,30);1-5,7H,8H2,(H,27,31)(H,24,25,28,30);3-4,6,28H,7-8H2,1-2H3,(H,25,30)(H,26,29). The van der Waals surface area contributed by atoms with Gasteiger partial charge < -0.3 is 80.2 Å². The number of aliphatic hydroxyl groups excluding tert-OH is 1. The van der Waals surface area contributed by atoms with Gasteiger partial charge >= 0.3 is 24.1 Å². The zero-order valence-corrected chi connectivity index (χ0v) is 74.4. The number of carbonyl (C=O) groups is 8. The average Bonchev–Trinajstić information content (AvgIpc) is 1.58. The molecule has 23 rings (SSSR count). The Labute approximate surface area is 791 Å². The van der Waals surface area contributed by atoms with Gasteiger partial charge in [0.15, 0.2) is 46.0 Å². The first-order valence-electron chi connectivity index (χ1n) is 39.1. The molecule has 4 aromatic carbocycles. The second-order valence-electron chi connectivity index (χ2n) is 29.4. The minimum Gasteiger partial charge on any atom is -0.454 e. The Kier molecular flexibility index (Phi) is 22.0. The molecule has 41 nitrogen and oxygen atoms in total. The van der Waals surface area contributed by atoms with Crippen LogP contribution in [0, 0.1) is 45.3 Å². The number of pyridine rings is 6. The number of hydrogen-bond donors (Lipinski definition) is 9. The molecule has 49 heteroatoms. The minimum atomic E-state index is -0.881. The van der Waals surface area contributed by atoms with Crippen LogP contribution < -0.4 is 100 Å². The minimum absolute atomic E-state index is 0.0304. The normalized spacial score (nSPS) is 13.7. The Morgan fingerprint density at radius 2 is 0.733 bits per heavy atom. The fraction of sp³-hybridized carbons (Fsp3) is 0.0930. The largest absolute Gasteiger partial charge is 0.454 e. The van der Waals surface area contributed by atoms with E-state index in [0.717, 1.165) is 45.3 Å². The molecule has 666 valence electrons. The number of ether oxygens (including phenoxy) is 8. The van der Waals surface area contributed by atoms with Crippen LogP contribution in [0.15, 0.2) is 141 Å². The third kappa shape index (κ3) is 14.9. The van der Waals surface area contributed by atoms with Gasteiger partial charge in [-0.25, -0.2) is 54.1 Å². The summed E-state index contributed by atoms with van der Waals surface area (Å²) >= 11 is 30.2. The van der Waals surface area contributed by atoms with Crippen LogP contribution in [-0.2, 0) is 0 Å². The van der Waals surface area contributed by atoms with Gasteiger partial charge in [-0.1, -0.05) is 52.5 Å². The maximum absolute atomic E-state index is 13.4. The fourth-order valence-electron chi connectivity index (χ4n) is 15.2. The van der Waals surface area contributed by atoms with Crippen LogP contribution in [0.3, 0.4) is 0 Å². The van der Waals surface area contributed by atoms with Gasteiger partial charge in [0.05, 0.1) is 133 Å². The van der Waals surface area contributed by atoms with Crippen LogP contribution in [-0.4, -0.2) is 132 Å². The van der Waals surface area contributed by atoms with Gasteiger partial charge in [-0.2, -0.15) is 21.0 Å². The number of anilines is 15. The number of amides is 12. The molecule has 0 aliphatic carbocycles. The molecular weight excluding hydrogens is 1910 g/mol. The lowest BCUT2D eigenvalue weighted by Crippen LogP contribution is -2.46. The van der Waals surface area contributed by atoms with Crippen molar-refractivity contribution in [2.75, 3.05) is 90.6 Å². The van der Waals surface area contributed by atoms with E-state index in [0.29, 0.717) is 75.4 Å². The fourth-order valence-corrected chi connectivity index (χ4v) is 20.1. The van der Waals surface area contributed by atoms with Crippen molar-refractivity contribution in [3.63, 3.8) is 0 Å². The molecule has 11 aromatic heterocycles. The summed E-state index contributed by atoms with van der Waals surface area (Å²) in [7, 11) is 0. The van der Waals surface area contributed by atoms with Crippen molar-refractivity contribution in [2.24, 2.45) is 0 Å². The van der Waals surface area contributed by atoms with E-state index in [1.807, 2.05) is 0 Å². The van der Waals surface area contributed by atoms with Gasteiger partial charge in [0.2, 0.25) is 33.1 Å². The van der Waals surface area contributed by atoms with Gasteiger partial charge in [-0.15, -0.1) is 45.3 Å². The zero-order chi connectivity index (χ0) is 93.7. The lowest BCUT2D eigenvalue weighted by molar-refractivity contribution is 0.0873. The molecule has 8 aliphatic heterocycles. The van der Waals surface area contributed by atoms with Gasteiger partial charge in [-0.05, 0) is 92.7 Å². The summed E-state index contributed by atoms with van der Waals surface area (Å²) in [5, 5.41) is 73.3.